The molecule has 0 saturated carbocycles. The first kappa shape index (κ1) is 18.5. The smallest absolute Gasteiger partial charge is 0.317 e. The Morgan fingerprint density at radius 3 is 2.43 bits per heavy atom. The monoisotopic (exact) mass is 347 g/mol. The Kier molecular flexibility index (Phi) is 6.27. The van der Waals surface area contributed by atoms with Crippen molar-refractivity contribution in [2.75, 3.05) is 52.2 Å². The molecule has 7 nitrogen and oxygen atoms in total. The lowest BCUT2D eigenvalue weighted by molar-refractivity contribution is 0.00699. The number of urea groups is 1. The molecule has 2 rings (SSSR count). The third-order valence-electron chi connectivity index (χ3n) is 4.78. The molecule has 0 aromatic rings. The van der Waals surface area contributed by atoms with Crippen molar-refractivity contribution in [2.45, 2.75) is 31.6 Å². The number of hydrogen-bond donors (Lipinski definition) is 1. The van der Waals surface area contributed by atoms with Crippen LogP contribution in [0.3, 0.4) is 0 Å². The van der Waals surface area contributed by atoms with Crippen LogP contribution in [0, 0.1) is 5.92 Å². The van der Waals surface area contributed by atoms with Crippen LogP contribution < -0.4 is 5.32 Å². The van der Waals surface area contributed by atoms with Gasteiger partial charge in [-0.1, -0.05) is 13.8 Å². The second-order valence-electron chi connectivity index (χ2n) is 6.83. The fourth-order valence-electron chi connectivity index (χ4n) is 3.26. The average molecular weight is 347 g/mol. The molecule has 1 N–H and O–H groups in total. The van der Waals surface area contributed by atoms with Gasteiger partial charge in [-0.05, 0) is 12.3 Å². The van der Waals surface area contributed by atoms with Crippen molar-refractivity contribution < 1.29 is 17.9 Å². The molecule has 2 heterocycles. The van der Waals surface area contributed by atoms with Crippen molar-refractivity contribution in [3.05, 3.63) is 0 Å². The molecular formula is C15H29N3O4S. The second-order valence-corrected chi connectivity index (χ2v) is 9.16. The van der Waals surface area contributed by atoms with E-state index < -0.39 is 15.1 Å². The minimum Gasteiger partial charge on any atom is -0.379 e. The molecule has 0 bridgehead atoms. The van der Waals surface area contributed by atoms with Crippen LogP contribution in [-0.2, 0) is 14.6 Å². The molecule has 0 radical (unpaired) electrons. The number of ether oxygens (including phenoxy) is 1. The third kappa shape index (κ3) is 5.06. The molecule has 0 aromatic heterocycles. The van der Waals surface area contributed by atoms with Gasteiger partial charge in [0.2, 0.25) is 0 Å². The molecule has 8 heteroatoms. The zero-order valence-electron chi connectivity index (χ0n) is 14.3. The molecule has 0 aromatic carbocycles. The van der Waals surface area contributed by atoms with E-state index in [0.29, 0.717) is 32.0 Å². The number of nitrogens with one attached hydrogen (secondary N) is 1. The van der Waals surface area contributed by atoms with Crippen molar-refractivity contribution in [1.29, 1.82) is 0 Å². The van der Waals surface area contributed by atoms with Crippen LogP contribution >= 0.6 is 0 Å². The summed E-state index contributed by atoms with van der Waals surface area (Å²) < 4.78 is 28.6. The van der Waals surface area contributed by atoms with Gasteiger partial charge in [-0.2, -0.15) is 0 Å². The van der Waals surface area contributed by atoms with Gasteiger partial charge in [0.15, 0.2) is 9.84 Å². The molecule has 2 fully saturated rings. The van der Waals surface area contributed by atoms with Crippen molar-refractivity contribution in [3.63, 3.8) is 0 Å². The normalized spacial score (nSPS) is 24.9. The van der Waals surface area contributed by atoms with Gasteiger partial charge < -0.3 is 15.0 Å². The van der Waals surface area contributed by atoms with Gasteiger partial charge in [0.1, 0.15) is 0 Å². The largest absolute Gasteiger partial charge is 0.379 e. The summed E-state index contributed by atoms with van der Waals surface area (Å²) in [6.45, 7) is 8.94. The van der Waals surface area contributed by atoms with Crippen LogP contribution in [0.15, 0.2) is 0 Å². The van der Waals surface area contributed by atoms with Crippen molar-refractivity contribution >= 4 is 15.9 Å². The number of carbonyl (C=O) groups excluding carboxylic acids is 1. The summed E-state index contributed by atoms with van der Waals surface area (Å²) in [5.74, 6) is 0.427. The summed E-state index contributed by atoms with van der Waals surface area (Å²) in [7, 11) is -3.07. The Labute approximate surface area is 139 Å². The Bertz CT molecular complexity index is 503. The minimum absolute atomic E-state index is 0.157. The number of amides is 2. The van der Waals surface area contributed by atoms with Crippen LogP contribution in [0.1, 0.15) is 20.3 Å². The number of nitrogens with zero attached hydrogens (tertiary/aromatic N) is 2. The Morgan fingerprint density at radius 2 is 1.91 bits per heavy atom. The van der Waals surface area contributed by atoms with E-state index >= 15 is 0 Å². The Hall–Kier alpha value is -0.860. The van der Waals surface area contributed by atoms with E-state index in [9.17, 15) is 13.2 Å². The highest BCUT2D eigenvalue weighted by molar-refractivity contribution is 7.91. The summed E-state index contributed by atoms with van der Waals surface area (Å²) in [6.07, 6.45) is 1.77. The predicted molar refractivity (Wildman–Crippen MR) is 89.2 cm³/mol. The summed E-state index contributed by atoms with van der Waals surface area (Å²) in [4.78, 5) is 16.3. The summed E-state index contributed by atoms with van der Waals surface area (Å²) >= 11 is 0. The number of likely N-dealkylation sites (tertiary alicyclic amines) is 1. The minimum atomic E-state index is -3.07. The molecule has 134 valence electrons. The van der Waals surface area contributed by atoms with E-state index in [4.69, 9.17) is 4.74 Å². The first-order chi connectivity index (χ1) is 10.8. The van der Waals surface area contributed by atoms with Crippen molar-refractivity contribution in [2.24, 2.45) is 5.92 Å². The highest BCUT2D eigenvalue weighted by atomic mass is 32.2. The number of hydrogen-bond acceptors (Lipinski definition) is 5. The lowest BCUT2D eigenvalue weighted by atomic mass is 10.0. The van der Waals surface area contributed by atoms with Gasteiger partial charge >= 0.3 is 6.03 Å². The molecule has 0 aliphatic carbocycles. The van der Waals surface area contributed by atoms with Gasteiger partial charge in [0.05, 0.1) is 18.5 Å². The molecule has 2 aliphatic heterocycles. The zero-order valence-corrected chi connectivity index (χ0v) is 15.1. The highest BCUT2D eigenvalue weighted by Crippen LogP contribution is 2.17. The number of carbonyl (C=O) groups is 1. The van der Waals surface area contributed by atoms with E-state index in [1.54, 1.807) is 4.90 Å². The molecule has 2 saturated heterocycles. The molecule has 0 unspecified atom stereocenters. The SMILES string of the molecule is CC(C)[C@@H](CNC(=O)N1CC[C@H](S(C)(=O)=O)C1)N1CCOCC1. The summed E-state index contributed by atoms with van der Waals surface area (Å²) in [5, 5.41) is 2.56. The van der Waals surface area contributed by atoms with Crippen LogP contribution in [0.5, 0.6) is 0 Å². The number of sulfone groups is 1. The maximum absolute atomic E-state index is 12.3. The second kappa shape index (κ2) is 7.81. The van der Waals surface area contributed by atoms with Crippen LogP contribution in [0.2, 0.25) is 0 Å². The molecule has 2 atom stereocenters. The summed E-state index contributed by atoms with van der Waals surface area (Å²) in [6, 6.07) is 0.117. The fourth-order valence-corrected chi connectivity index (χ4v) is 4.25. The first-order valence-electron chi connectivity index (χ1n) is 8.32. The van der Waals surface area contributed by atoms with E-state index in [0.717, 1.165) is 26.3 Å². The quantitative estimate of drug-likeness (QED) is 0.767. The maximum atomic E-state index is 12.3. The lowest BCUT2D eigenvalue weighted by Crippen LogP contribution is -2.52. The lowest BCUT2D eigenvalue weighted by Gasteiger charge is -2.37. The highest BCUT2D eigenvalue weighted by Gasteiger charge is 2.33. The maximum Gasteiger partial charge on any atom is 0.317 e. The van der Waals surface area contributed by atoms with E-state index in [-0.39, 0.29) is 12.1 Å². The van der Waals surface area contributed by atoms with Crippen molar-refractivity contribution in [3.8, 4) is 0 Å². The number of rotatable bonds is 5. The van der Waals surface area contributed by atoms with Gasteiger partial charge in [-0.25, -0.2) is 13.2 Å². The zero-order chi connectivity index (χ0) is 17.0. The molecular weight excluding hydrogens is 318 g/mol. The Morgan fingerprint density at radius 1 is 1.26 bits per heavy atom. The third-order valence-corrected chi connectivity index (χ3v) is 6.38. The molecule has 2 amide bonds. The van der Waals surface area contributed by atoms with Gasteiger partial charge in [-0.3, -0.25) is 4.90 Å². The first-order valence-corrected chi connectivity index (χ1v) is 10.3. The molecule has 2 aliphatic rings. The summed E-state index contributed by atoms with van der Waals surface area (Å²) in [5.41, 5.74) is 0. The molecule has 0 spiro atoms. The van der Waals surface area contributed by atoms with E-state index in [2.05, 4.69) is 24.1 Å². The predicted octanol–water partition coefficient (Wildman–Crippen LogP) is 0.172. The topological polar surface area (TPSA) is 79.0 Å². The van der Waals surface area contributed by atoms with Crippen LogP contribution in [0.25, 0.3) is 0 Å². The standard InChI is InChI=1S/C15H29N3O4S/c1-12(2)14(17-6-8-22-9-7-17)10-16-15(19)18-5-4-13(11-18)23(3,20)21/h12-14H,4-11H2,1-3H3,(H,16,19)/t13-,14+/m0/s1. The van der Waals surface area contributed by atoms with Gasteiger partial charge in [0.25, 0.3) is 0 Å². The Balaban J connectivity index is 1.84. The fraction of sp³-hybridized carbons (Fsp3) is 0.933. The van der Waals surface area contributed by atoms with E-state index in [1.165, 1.54) is 6.26 Å². The number of morpholine rings is 1. The van der Waals surface area contributed by atoms with Crippen LogP contribution in [0.4, 0.5) is 4.79 Å². The average Bonchev–Trinajstić information content (AvgIpc) is 2.98. The van der Waals surface area contributed by atoms with Crippen LogP contribution in [-0.4, -0.2) is 87.7 Å². The van der Waals surface area contributed by atoms with Gasteiger partial charge in [-0.15, -0.1) is 0 Å². The van der Waals surface area contributed by atoms with Crippen molar-refractivity contribution in [1.82, 2.24) is 15.1 Å². The van der Waals surface area contributed by atoms with E-state index in [1.807, 2.05) is 0 Å². The molecule has 23 heavy (non-hydrogen) atoms. The van der Waals surface area contributed by atoms with Gasteiger partial charge in [0, 0.05) is 45.0 Å².